The minimum atomic E-state index is -0.730. The molecule has 0 atom stereocenters. The predicted octanol–water partition coefficient (Wildman–Crippen LogP) is 9.72. The van der Waals surface area contributed by atoms with Crippen molar-refractivity contribution in [1.82, 2.24) is 15.3 Å². The van der Waals surface area contributed by atoms with E-state index in [1.165, 1.54) is 35.6 Å². The average Bonchev–Trinajstić information content (AvgIpc) is 2.97. The Bertz CT molecular complexity index is 1610. The zero-order valence-corrected chi connectivity index (χ0v) is 26.0. The number of aryl methyl sites for hydroxylation is 3. The monoisotopic (exact) mass is 587 g/mol. The summed E-state index contributed by atoms with van der Waals surface area (Å²) < 4.78 is 43.7. The van der Waals surface area contributed by atoms with Crippen molar-refractivity contribution in [3.05, 3.63) is 119 Å². The van der Waals surface area contributed by atoms with Crippen molar-refractivity contribution >= 4 is 22.9 Å². The van der Waals surface area contributed by atoms with Crippen LogP contribution in [0.25, 0.3) is 17.0 Å². The number of halogens is 3. The topological polar surface area (TPSA) is 53.1 Å². The molecule has 0 bridgehead atoms. The van der Waals surface area contributed by atoms with Crippen LogP contribution in [0.3, 0.4) is 0 Å². The first kappa shape index (κ1) is 32.9. The molecular formula is C35H40F3N5. The van der Waals surface area contributed by atoms with Crippen LogP contribution in [0.15, 0.2) is 73.6 Å². The lowest BCUT2D eigenvalue weighted by atomic mass is 9.98. The summed E-state index contributed by atoms with van der Waals surface area (Å²) in [5.41, 5.74) is 5.25. The number of nitrogens with zero attached hydrogens (tertiary/aromatic N) is 3. The molecule has 0 amide bonds. The molecule has 2 heterocycles. The quantitative estimate of drug-likeness (QED) is 0.243. The van der Waals surface area contributed by atoms with Crippen molar-refractivity contribution < 1.29 is 13.2 Å². The second-order valence-electron chi connectivity index (χ2n) is 9.93. The molecular weight excluding hydrogens is 547 g/mol. The van der Waals surface area contributed by atoms with Crippen molar-refractivity contribution in [2.75, 3.05) is 10.2 Å². The van der Waals surface area contributed by atoms with E-state index in [-0.39, 0.29) is 11.5 Å². The highest BCUT2D eigenvalue weighted by Gasteiger charge is 2.31. The number of anilines is 3. The lowest BCUT2D eigenvalue weighted by Gasteiger charge is -2.34. The Morgan fingerprint density at radius 3 is 2.16 bits per heavy atom. The molecule has 0 spiro atoms. The first-order valence-corrected chi connectivity index (χ1v) is 14.4. The molecule has 0 fully saturated rings. The van der Waals surface area contributed by atoms with Gasteiger partial charge in [0.05, 0.1) is 5.69 Å². The van der Waals surface area contributed by atoms with Gasteiger partial charge in [0, 0.05) is 34.6 Å². The van der Waals surface area contributed by atoms with Gasteiger partial charge in [-0.2, -0.15) is 0 Å². The lowest BCUT2D eigenvalue weighted by Crippen LogP contribution is -2.35. The Hall–Kier alpha value is -4.59. The standard InChI is InChI=1S/C30H26F3N5.C3H8.C2H6/c1-16-10-12-22(35-18(3)21-11-9-17(2)27(33)13-21)14-23(16)28-24-15-34-20(5)38(30(24)37-19(4)36-28)29-25(31)7-6-8-26(29)32;1-3-2;1-2/h6-14,34-35H,3,5,15H2,1-2,4H3;3H2,1-2H3;1-2H3. The lowest BCUT2D eigenvalue weighted by molar-refractivity contribution is 0.577. The first-order chi connectivity index (χ1) is 20.5. The molecule has 0 saturated carbocycles. The zero-order valence-electron chi connectivity index (χ0n) is 26.0. The number of aromatic nitrogens is 2. The number of hydrogen-bond donors (Lipinski definition) is 2. The molecule has 8 heteroatoms. The third-order valence-corrected chi connectivity index (χ3v) is 6.52. The van der Waals surface area contributed by atoms with Gasteiger partial charge in [-0.15, -0.1) is 0 Å². The molecule has 5 rings (SSSR count). The Labute approximate surface area is 253 Å². The van der Waals surface area contributed by atoms with Crippen LogP contribution in [0.1, 0.15) is 62.2 Å². The van der Waals surface area contributed by atoms with E-state index in [1.54, 1.807) is 19.9 Å². The Morgan fingerprint density at radius 2 is 1.53 bits per heavy atom. The smallest absolute Gasteiger partial charge is 0.150 e. The Morgan fingerprint density at radius 1 is 0.907 bits per heavy atom. The van der Waals surface area contributed by atoms with Gasteiger partial charge in [0.25, 0.3) is 0 Å². The summed E-state index contributed by atoms with van der Waals surface area (Å²) in [6, 6.07) is 14.4. The zero-order chi connectivity index (χ0) is 31.8. The molecule has 5 nitrogen and oxygen atoms in total. The van der Waals surface area contributed by atoms with Crippen LogP contribution in [0, 0.1) is 38.2 Å². The molecule has 3 aromatic carbocycles. The summed E-state index contributed by atoms with van der Waals surface area (Å²) in [7, 11) is 0. The SMILES string of the molecule is C=C(Nc1ccc(C)c(-c2nc(C)nc3c2CNC(=C)N3c2c(F)cccc2F)c1)c1ccc(C)c(F)c1.CC.CCC. The minimum Gasteiger partial charge on any atom is -0.367 e. The third kappa shape index (κ3) is 7.25. The highest BCUT2D eigenvalue weighted by Crippen LogP contribution is 2.40. The fourth-order valence-electron chi connectivity index (χ4n) is 4.47. The number of rotatable bonds is 5. The number of nitrogens with one attached hydrogen (secondary N) is 2. The molecule has 1 aliphatic rings. The van der Waals surface area contributed by atoms with Gasteiger partial charge in [0.2, 0.25) is 0 Å². The number of benzene rings is 3. The molecule has 0 saturated heterocycles. The van der Waals surface area contributed by atoms with E-state index in [2.05, 4.69) is 42.6 Å². The molecule has 4 aromatic rings. The number of fused-ring (bicyclic) bond motifs is 1. The summed E-state index contributed by atoms with van der Waals surface area (Å²) in [5.74, 6) is -0.661. The molecule has 0 aliphatic carbocycles. The van der Waals surface area contributed by atoms with E-state index in [9.17, 15) is 13.2 Å². The van der Waals surface area contributed by atoms with Gasteiger partial charge in [-0.1, -0.05) is 71.5 Å². The molecule has 1 aliphatic heterocycles. The van der Waals surface area contributed by atoms with E-state index in [1.807, 2.05) is 45.0 Å². The van der Waals surface area contributed by atoms with Crippen LogP contribution in [0.5, 0.6) is 0 Å². The van der Waals surface area contributed by atoms with Crippen LogP contribution >= 0.6 is 0 Å². The van der Waals surface area contributed by atoms with Crippen LogP contribution < -0.4 is 15.5 Å². The van der Waals surface area contributed by atoms with Gasteiger partial charge in [0.1, 0.15) is 40.6 Å². The van der Waals surface area contributed by atoms with E-state index in [0.29, 0.717) is 52.1 Å². The van der Waals surface area contributed by atoms with Gasteiger partial charge >= 0.3 is 0 Å². The van der Waals surface area contributed by atoms with Crippen molar-refractivity contribution in [2.24, 2.45) is 0 Å². The maximum atomic E-state index is 14.8. The van der Waals surface area contributed by atoms with Gasteiger partial charge in [-0.05, 0) is 62.2 Å². The molecule has 0 unspecified atom stereocenters. The van der Waals surface area contributed by atoms with E-state index in [0.717, 1.165) is 16.8 Å². The second kappa shape index (κ2) is 14.5. The van der Waals surface area contributed by atoms with Gasteiger partial charge in [-0.3, -0.25) is 4.90 Å². The summed E-state index contributed by atoms with van der Waals surface area (Å²) in [6.07, 6.45) is 1.25. The third-order valence-electron chi connectivity index (χ3n) is 6.52. The van der Waals surface area contributed by atoms with Crippen molar-refractivity contribution in [3.8, 4) is 11.3 Å². The van der Waals surface area contributed by atoms with Crippen LogP contribution in [-0.2, 0) is 6.54 Å². The van der Waals surface area contributed by atoms with Crippen LogP contribution in [-0.4, -0.2) is 9.97 Å². The largest absolute Gasteiger partial charge is 0.367 e. The summed E-state index contributed by atoms with van der Waals surface area (Å²) >= 11 is 0. The van der Waals surface area contributed by atoms with E-state index >= 15 is 0 Å². The van der Waals surface area contributed by atoms with Gasteiger partial charge < -0.3 is 10.6 Å². The second-order valence-corrected chi connectivity index (χ2v) is 9.93. The van der Waals surface area contributed by atoms with Gasteiger partial charge in [0.15, 0.2) is 0 Å². The number of para-hydroxylation sites is 1. The highest BCUT2D eigenvalue weighted by atomic mass is 19.1. The summed E-state index contributed by atoms with van der Waals surface area (Å²) in [5, 5.41) is 6.37. The fraction of sp³-hybridized carbons (Fsp3) is 0.257. The van der Waals surface area contributed by atoms with Gasteiger partial charge in [-0.25, -0.2) is 23.1 Å². The molecule has 0 radical (unpaired) electrons. The first-order valence-electron chi connectivity index (χ1n) is 14.4. The highest BCUT2D eigenvalue weighted by molar-refractivity contribution is 5.82. The van der Waals surface area contributed by atoms with Crippen molar-refractivity contribution in [1.29, 1.82) is 0 Å². The fourth-order valence-corrected chi connectivity index (χ4v) is 4.47. The Kier molecular flexibility index (Phi) is 11.1. The van der Waals surface area contributed by atoms with Crippen molar-refractivity contribution in [2.45, 2.75) is 61.4 Å². The maximum Gasteiger partial charge on any atom is 0.150 e. The molecule has 1 aromatic heterocycles. The van der Waals surface area contributed by atoms with E-state index < -0.39 is 11.6 Å². The normalized spacial score (nSPS) is 11.8. The van der Waals surface area contributed by atoms with Crippen LogP contribution in [0.4, 0.5) is 30.4 Å². The average molecular weight is 588 g/mol. The summed E-state index contributed by atoms with van der Waals surface area (Å²) in [6.45, 7) is 22.0. The van der Waals surface area contributed by atoms with E-state index in [4.69, 9.17) is 4.98 Å². The predicted molar refractivity (Wildman–Crippen MR) is 173 cm³/mol. The van der Waals surface area contributed by atoms with Crippen LogP contribution in [0.2, 0.25) is 0 Å². The molecule has 2 N–H and O–H groups in total. The Balaban J connectivity index is 0.000000953. The minimum absolute atomic E-state index is 0.260. The molecule has 43 heavy (non-hydrogen) atoms. The van der Waals surface area contributed by atoms with Crippen molar-refractivity contribution in [3.63, 3.8) is 0 Å². The summed E-state index contributed by atoms with van der Waals surface area (Å²) in [4.78, 5) is 10.6. The maximum absolute atomic E-state index is 14.8. The molecule has 226 valence electrons. The number of hydrogen-bond acceptors (Lipinski definition) is 5.